The first kappa shape index (κ1) is 9.54. The fourth-order valence-corrected chi connectivity index (χ4v) is 1.08. The molecule has 4 heteroatoms. The summed E-state index contributed by atoms with van der Waals surface area (Å²) in [5.74, 6) is 5.39. The molecule has 4 nitrogen and oxygen atoms in total. The van der Waals surface area contributed by atoms with Gasteiger partial charge in [0.2, 0.25) is 0 Å². The largest absolute Gasteiger partial charge is 0.382 e. The molecule has 0 spiro atoms. The molecule has 0 aliphatic carbocycles. The smallest absolute Gasteiger partial charge is 0.150 e. The summed E-state index contributed by atoms with van der Waals surface area (Å²) < 4.78 is 0. The molecule has 0 radical (unpaired) electrons. The van der Waals surface area contributed by atoms with Crippen molar-refractivity contribution in [3.63, 3.8) is 0 Å². The summed E-state index contributed by atoms with van der Waals surface area (Å²) in [6, 6.07) is 7.72. The Morgan fingerprint density at radius 2 is 1.85 bits per heavy atom. The second kappa shape index (κ2) is 4.47. The van der Waals surface area contributed by atoms with Crippen molar-refractivity contribution in [1.82, 2.24) is 0 Å². The molecule has 0 bridgehead atoms. The van der Waals surface area contributed by atoms with Crippen LogP contribution in [0.1, 0.15) is 11.1 Å². The van der Waals surface area contributed by atoms with Crippen LogP contribution >= 0.6 is 0 Å². The van der Waals surface area contributed by atoms with Crippen molar-refractivity contribution in [3.8, 4) is 0 Å². The molecule has 0 aliphatic rings. The van der Waals surface area contributed by atoms with Crippen LogP contribution in [0.15, 0.2) is 29.4 Å². The Bertz CT molecular complexity index is 289. The predicted molar refractivity (Wildman–Crippen MR) is 54.1 cm³/mol. The van der Waals surface area contributed by atoms with Gasteiger partial charge in [0, 0.05) is 5.56 Å². The van der Waals surface area contributed by atoms with Crippen molar-refractivity contribution in [2.45, 2.75) is 6.42 Å². The molecule has 0 aromatic heterocycles. The third-order valence-corrected chi connectivity index (χ3v) is 1.82. The summed E-state index contributed by atoms with van der Waals surface area (Å²) in [7, 11) is 0. The van der Waals surface area contributed by atoms with Gasteiger partial charge in [0.25, 0.3) is 0 Å². The normalized spacial score (nSPS) is 11.6. The zero-order valence-corrected chi connectivity index (χ0v) is 7.40. The van der Waals surface area contributed by atoms with Crippen molar-refractivity contribution in [3.05, 3.63) is 35.4 Å². The monoisotopic (exact) mass is 178 g/mol. The summed E-state index contributed by atoms with van der Waals surface area (Å²) >= 11 is 0. The van der Waals surface area contributed by atoms with Gasteiger partial charge in [-0.05, 0) is 18.5 Å². The van der Waals surface area contributed by atoms with Crippen LogP contribution in [0.25, 0.3) is 0 Å². The number of rotatable bonds is 3. The molecule has 0 aliphatic heterocycles. The maximum Gasteiger partial charge on any atom is 0.150 e. The van der Waals surface area contributed by atoms with E-state index in [-0.39, 0.29) is 0 Å². The first-order chi connectivity index (χ1) is 6.27. The van der Waals surface area contributed by atoms with Crippen LogP contribution in [0.3, 0.4) is 0 Å². The molecule has 1 aromatic carbocycles. The standard InChI is InChI=1S/C9H14N4/c10-6-5-7-1-3-8(4-2-7)9(11)13-12/h1-4H,5-6,10,12H2,(H2,11,13). The third kappa shape index (κ3) is 2.45. The number of benzene rings is 1. The lowest BCUT2D eigenvalue weighted by molar-refractivity contribution is 0.968. The molecule has 0 fully saturated rings. The molecule has 0 unspecified atom stereocenters. The third-order valence-electron chi connectivity index (χ3n) is 1.82. The number of hydrazone groups is 1. The topological polar surface area (TPSA) is 90.4 Å². The molecule has 6 N–H and O–H groups in total. The van der Waals surface area contributed by atoms with Gasteiger partial charge in [0.05, 0.1) is 0 Å². The summed E-state index contributed by atoms with van der Waals surface area (Å²) in [4.78, 5) is 0. The molecule has 0 atom stereocenters. The van der Waals surface area contributed by atoms with Crippen LogP contribution in [-0.2, 0) is 6.42 Å². The zero-order valence-electron chi connectivity index (χ0n) is 7.40. The van der Waals surface area contributed by atoms with E-state index in [1.165, 1.54) is 5.56 Å². The second-order valence-electron chi connectivity index (χ2n) is 2.75. The number of nitrogens with two attached hydrogens (primary N) is 3. The summed E-state index contributed by atoms with van der Waals surface area (Å²) in [5.41, 5.74) is 13.0. The van der Waals surface area contributed by atoms with Crippen LogP contribution in [0, 0.1) is 0 Å². The maximum absolute atomic E-state index is 5.52. The number of hydrogen-bond donors (Lipinski definition) is 3. The van der Waals surface area contributed by atoms with E-state index in [4.69, 9.17) is 17.3 Å². The Kier molecular flexibility index (Phi) is 3.28. The molecular weight excluding hydrogens is 164 g/mol. The first-order valence-electron chi connectivity index (χ1n) is 4.10. The lowest BCUT2D eigenvalue weighted by Crippen LogP contribution is -2.15. The highest BCUT2D eigenvalue weighted by Gasteiger charge is 1.97. The summed E-state index contributed by atoms with van der Waals surface area (Å²) in [5, 5.41) is 3.40. The molecule has 0 heterocycles. The van der Waals surface area contributed by atoms with Crippen LogP contribution in [0.4, 0.5) is 0 Å². The number of hydrogen-bond acceptors (Lipinski definition) is 3. The Labute approximate surface area is 77.4 Å². The van der Waals surface area contributed by atoms with E-state index in [9.17, 15) is 0 Å². The van der Waals surface area contributed by atoms with E-state index in [1.54, 1.807) is 0 Å². The lowest BCUT2D eigenvalue weighted by Gasteiger charge is -2.01. The predicted octanol–water partition coefficient (Wildman–Crippen LogP) is -0.233. The average Bonchev–Trinajstić information content (AvgIpc) is 2.18. The SMILES string of the molecule is NCCc1ccc(/C(N)=N/N)cc1. The molecule has 13 heavy (non-hydrogen) atoms. The van der Waals surface area contributed by atoms with E-state index in [1.807, 2.05) is 24.3 Å². The van der Waals surface area contributed by atoms with Gasteiger partial charge in [0.1, 0.15) is 5.84 Å². The fraction of sp³-hybridized carbons (Fsp3) is 0.222. The first-order valence-corrected chi connectivity index (χ1v) is 4.10. The molecule has 70 valence electrons. The van der Waals surface area contributed by atoms with E-state index >= 15 is 0 Å². The van der Waals surface area contributed by atoms with Gasteiger partial charge in [-0.3, -0.25) is 0 Å². The van der Waals surface area contributed by atoms with Crippen molar-refractivity contribution >= 4 is 5.84 Å². The van der Waals surface area contributed by atoms with Gasteiger partial charge in [-0.1, -0.05) is 24.3 Å². The van der Waals surface area contributed by atoms with E-state index in [0.717, 1.165) is 12.0 Å². The summed E-state index contributed by atoms with van der Waals surface area (Å²) in [6.45, 7) is 0.653. The summed E-state index contributed by atoms with van der Waals surface area (Å²) in [6.07, 6.45) is 0.875. The second-order valence-corrected chi connectivity index (χ2v) is 2.75. The Hall–Kier alpha value is -1.55. The van der Waals surface area contributed by atoms with Crippen molar-refractivity contribution in [2.75, 3.05) is 6.54 Å². The number of nitrogens with zero attached hydrogens (tertiary/aromatic N) is 1. The van der Waals surface area contributed by atoms with E-state index < -0.39 is 0 Å². The molecule has 0 saturated heterocycles. The minimum absolute atomic E-state index is 0.347. The van der Waals surface area contributed by atoms with Gasteiger partial charge in [-0.15, -0.1) is 0 Å². The Morgan fingerprint density at radius 1 is 1.23 bits per heavy atom. The van der Waals surface area contributed by atoms with Crippen LogP contribution in [-0.4, -0.2) is 12.4 Å². The van der Waals surface area contributed by atoms with Crippen LogP contribution in [0.5, 0.6) is 0 Å². The van der Waals surface area contributed by atoms with Gasteiger partial charge < -0.3 is 17.3 Å². The number of amidine groups is 1. The highest BCUT2D eigenvalue weighted by atomic mass is 15.1. The Balaban J connectivity index is 2.81. The van der Waals surface area contributed by atoms with Gasteiger partial charge in [0.15, 0.2) is 0 Å². The van der Waals surface area contributed by atoms with Crippen LogP contribution < -0.4 is 17.3 Å². The fourth-order valence-electron chi connectivity index (χ4n) is 1.08. The average molecular weight is 178 g/mol. The van der Waals surface area contributed by atoms with Gasteiger partial charge in [-0.25, -0.2) is 0 Å². The minimum atomic E-state index is 0.347. The highest BCUT2D eigenvalue weighted by molar-refractivity contribution is 5.97. The molecular formula is C9H14N4. The van der Waals surface area contributed by atoms with E-state index in [2.05, 4.69) is 5.10 Å². The minimum Gasteiger partial charge on any atom is -0.382 e. The molecule has 0 amide bonds. The maximum atomic E-state index is 5.52. The Morgan fingerprint density at radius 3 is 2.31 bits per heavy atom. The van der Waals surface area contributed by atoms with E-state index in [0.29, 0.717) is 12.4 Å². The molecule has 0 saturated carbocycles. The van der Waals surface area contributed by atoms with Crippen molar-refractivity contribution in [1.29, 1.82) is 0 Å². The zero-order chi connectivity index (χ0) is 9.68. The van der Waals surface area contributed by atoms with Crippen LogP contribution in [0.2, 0.25) is 0 Å². The molecule has 1 aromatic rings. The molecule has 1 rings (SSSR count). The van der Waals surface area contributed by atoms with Gasteiger partial charge >= 0.3 is 0 Å². The lowest BCUT2D eigenvalue weighted by atomic mass is 10.1. The van der Waals surface area contributed by atoms with Crippen molar-refractivity contribution < 1.29 is 0 Å². The van der Waals surface area contributed by atoms with Crippen molar-refractivity contribution in [2.24, 2.45) is 22.4 Å². The highest BCUT2D eigenvalue weighted by Crippen LogP contribution is 2.03. The quantitative estimate of drug-likeness (QED) is 0.258. The van der Waals surface area contributed by atoms with Gasteiger partial charge in [-0.2, -0.15) is 5.10 Å².